The lowest BCUT2D eigenvalue weighted by molar-refractivity contribution is 0.337. The number of rotatable bonds is 3. The molecular formula is C16H10ClIN2O2. The Morgan fingerprint density at radius 1 is 1.14 bits per heavy atom. The number of halogens is 2. The van der Waals surface area contributed by atoms with Crippen LogP contribution in [0.4, 0.5) is 5.69 Å². The fourth-order valence-electron chi connectivity index (χ4n) is 1.81. The van der Waals surface area contributed by atoms with Crippen molar-refractivity contribution >= 4 is 46.1 Å². The van der Waals surface area contributed by atoms with E-state index in [4.69, 9.17) is 16.0 Å². The van der Waals surface area contributed by atoms with Gasteiger partial charge < -0.3 is 9.52 Å². The maximum Gasteiger partial charge on any atom is 0.312 e. The van der Waals surface area contributed by atoms with E-state index in [1.54, 1.807) is 24.3 Å². The fraction of sp³-hybridized carbons (Fsp3) is 0. The van der Waals surface area contributed by atoms with Gasteiger partial charge >= 0.3 is 5.95 Å². The SMILES string of the molecule is Oc1oc(-c2ccc(Cl)cc2)nc1C=Nc1ccccc1I. The summed E-state index contributed by atoms with van der Waals surface area (Å²) >= 11 is 8.04. The molecule has 1 heterocycles. The van der Waals surface area contributed by atoms with Crippen LogP contribution in [0.15, 0.2) is 57.9 Å². The van der Waals surface area contributed by atoms with E-state index in [-0.39, 0.29) is 11.6 Å². The number of aromatic hydroxyl groups is 1. The molecule has 1 N–H and O–H groups in total. The zero-order chi connectivity index (χ0) is 15.5. The molecule has 0 aliphatic carbocycles. The van der Waals surface area contributed by atoms with Crippen LogP contribution in [0.2, 0.25) is 5.02 Å². The van der Waals surface area contributed by atoms with E-state index in [1.807, 2.05) is 24.3 Å². The average Bonchev–Trinajstić information content (AvgIpc) is 2.88. The summed E-state index contributed by atoms with van der Waals surface area (Å²) in [5.74, 6) is 0.0537. The van der Waals surface area contributed by atoms with Gasteiger partial charge in [0, 0.05) is 14.2 Å². The van der Waals surface area contributed by atoms with Gasteiger partial charge in [-0.3, -0.25) is 4.99 Å². The molecule has 0 amide bonds. The van der Waals surface area contributed by atoms with Crippen LogP contribution in [0.1, 0.15) is 5.69 Å². The maximum absolute atomic E-state index is 9.85. The van der Waals surface area contributed by atoms with Gasteiger partial charge in [0.1, 0.15) is 0 Å². The summed E-state index contributed by atoms with van der Waals surface area (Å²) < 4.78 is 6.28. The summed E-state index contributed by atoms with van der Waals surface area (Å²) in [6.07, 6.45) is 1.48. The minimum absolute atomic E-state index is 0.264. The van der Waals surface area contributed by atoms with E-state index < -0.39 is 0 Å². The first kappa shape index (κ1) is 15.1. The predicted molar refractivity (Wildman–Crippen MR) is 95.0 cm³/mol. The molecule has 0 saturated heterocycles. The zero-order valence-corrected chi connectivity index (χ0v) is 14.1. The van der Waals surface area contributed by atoms with E-state index in [9.17, 15) is 5.11 Å². The molecule has 0 bridgehead atoms. The fourth-order valence-corrected chi connectivity index (χ4v) is 2.46. The second-order valence-corrected chi connectivity index (χ2v) is 6.02. The zero-order valence-electron chi connectivity index (χ0n) is 11.2. The first-order valence-corrected chi connectivity index (χ1v) is 7.83. The molecule has 0 radical (unpaired) electrons. The number of hydrogen-bond acceptors (Lipinski definition) is 4. The van der Waals surface area contributed by atoms with Crippen molar-refractivity contribution in [3.8, 4) is 17.4 Å². The highest BCUT2D eigenvalue weighted by molar-refractivity contribution is 14.1. The normalized spacial score (nSPS) is 11.2. The van der Waals surface area contributed by atoms with Crippen LogP contribution in [0.5, 0.6) is 5.95 Å². The van der Waals surface area contributed by atoms with Gasteiger partial charge in [0.25, 0.3) is 0 Å². The van der Waals surface area contributed by atoms with Crippen molar-refractivity contribution in [2.45, 2.75) is 0 Å². The van der Waals surface area contributed by atoms with Gasteiger partial charge in [0.05, 0.1) is 11.9 Å². The number of hydrogen-bond donors (Lipinski definition) is 1. The lowest BCUT2D eigenvalue weighted by Gasteiger charge is -1.95. The first-order valence-electron chi connectivity index (χ1n) is 6.38. The average molecular weight is 425 g/mol. The Kier molecular flexibility index (Phi) is 4.44. The molecule has 1 aromatic heterocycles. The Bertz CT molecular complexity index is 828. The number of nitrogens with zero attached hydrogens (tertiary/aromatic N) is 2. The topological polar surface area (TPSA) is 58.6 Å². The highest BCUT2D eigenvalue weighted by atomic mass is 127. The molecular weight excluding hydrogens is 415 g/mol. The van der Waals surface area contributed by atoms with E-state index in [1.165, 1.54) is 6.21 Å². The van der Waals surface area contributed by atoms with Crippen molar-refractivity contribution in [1.82, 2.24) is 4.98 Å². The number of para-hydroxylation sites is 1. The molecule has 110 valence electrons. The third-order valence-electron chi connectivity index (χ3n) is 2.90. The summed E-state index contributed by atoms with van der Waals surface area (Å²) in [5.41, 5.74) is 1.82. The molecule has 0 fully saturated rings. The van der Waals surface area contributed by atoms with Crippen LogP contribution < -0.4 is 0 Å². The molecule has 4 nitrogen and oxygen atoms in total. The van der Waals surface area contributed by atoms with Crippen molar-refractivity contribution in [2.75, 3.05) is 0 Å². The molecule has 6 heteroatoms. The van der Waals surface area contributed by atoms with Gasteiger partial charge in [-0.05, 0) is 59.0 Å². The second-order valence-electron chi connectivity index (χ2n) is 4.43. The molecule has 0 saturated carbocycles. The lowest BCUT2D eigenvalue weighted by atomic mass is 10.2. The Hall–Kier alpha value is -1.86. The molecule has 0 aliphatic rings. The third-order valence-corrected chi connectivity index (χ3v) is 4.07. The van der Waals surface area contributed by atoms with Gasteiger partial charge in [0.2, 0.25) is 5.89 Å². The third kappa shape index (κ3) is 3.31. The summed E-state index contributed by atoms with van der Waals surface area (Å²) in [5, 5.41) is 10.5. The van der Waals surface area contributed by atoms with E-state index >= 15 is 0 Å². The van der Waals surface area contributed by atoms with Crippen molar-refractivity contribution < 1.29 is 9.52 Å². The van der Waals surface area contributed by atoms with E-state index in [2.05, 4.69) is 32.6 Å². The Labute approximate surface area is 145 Å². The second kappa shape index (κ2) is 6.50. The maximum atomic E-state index is 9.85. The quantitative estimate of drug-likeness (QED) is 0.472. The van der Waals surface area contributed by atoms with Crippen LogP contribution in [-0.2, 0) is 0 Å². The van der Waals surface area contributed by atoms with Gasteiger partial charge in [-0.15, -0.1) is 0 Å². The molecule has 0 aliphatic heterocycles. The van der Waals surface area contributed by atoms with Crippen LogP contribution in [0, 0.1) is 3.57 Å². The number of aliphatic imine (C=N–C) groups is 1. The largest absolute Gasteiger partial charge is 0.479 e. The summed E-state index contributed by atoms with van der Waals surface area (Å²) in [7, 11) is 0. The molecule has 3 aromatic rings. The first-order chi connectivity index (χ1) is 10.6. The summed E-state index contributed by atoms with van der Waals surface area (Å²) in [4.78, 5) is 8.56. The minimum Gasteiger partial charge on any atom is -0.479 e. The highest BCUT2D eigenvalue weighted by Crippen LogP contribution is 2.27. The predicted octanol–water partition coefficient (Wildman–Crippen LogP) is 5.06. The molecule has 3 rings (SSSR count). The van der Waals surface area contributed by atoms with Gasteiger partial charge in [-0.2, -0.15) is 0 Å². The Morgan fingerprint density at radius 2 is 1.86 bits per heavy atom. The van der Waals surface area contributed by atoms with Gasteiger partial charge in [-0.25, -0.2) is 4.98 Å². The Balaban J connectivity index is 1.90. The Morgan fingerprint density at radius 3 is 2.59 bits per heavy atom. The highest BCUT2D eigenvalue weighted by Gasteiger charge is 2.12. The lowest BCUT2D eigenvalue weighted by Crippen LogP contribution is -1.83. The minimum atomic E-state index is -0.264. The van der Waals surface area contributed by atoms with Crippen molar-refractivity contribution in [1.29, 1.82) is 0 Å². The molecule has 0 unspecified atom stereocenters. The summed E-state index contributed by atoms with van der Waals surface area (Å²) in [6, 6.07) is 14.7. The number of oxazole rings is 1. The standard InChI is InChI=1S/C16H10ClIN2O2/c17-11-7-5-10(6-8-11)15-20-14(16(21)22-15)9-19-13-4-2-1-3-12(13)18/h1-9,21H. The molecule has 0 atom stereocenters. The van der Waals surface area contributed by atoms with Crippen LogP contribution in [0.25, 0.3) is 11.5 Å². The van der Waals surface area contributed by atoms with Crippen molar-refractivity contribution in [3.63, 3.8) is 0 Å². The smallest absolute Gasteiger partial charge is 0.312 e. The number of aromatic nitrogens is 1. The summed E-state index contributed by atoms with van der Waals surface area (Å²) in [6.45, 7) is 0. The van der Waals surface area contributed by atoms with Crippen LogP contribution in [-0.4, -0.2) is 16.3 Å². The number of benzene rings is 2. The van der Waals surface area contributed by atoms with Crippen molar-refractivity contribution in [3.05, 3.63) is 62.8 Å². The van der Waals surface area contributed by atoms with Crippen molar-refractivity contribution in [2.24, 2.45) is 4.99 Å². The van der Waals surface area contributed by atoms with E-state index in [0.717, 1.165) is 14.8 Å². The van der Waals surface area contributed by atoms with E-state index in [0.29, 0.717) is 10.9 Å². The van der Waals surface area contributed by atoms with Gasteiger partial charge in [0.15, 0.2) is 5.69 Å². The van der Waals surface area contributed by atoms with Crippen LogP contribution >= 0.6 is 34.2 Å². The molecule has 22 heavy (non-hydrogen) atoms. The monoisotopic (exact) mass is 424 g/mol. The molecule has 0 spiro atoms. The van der Waals surface area contributed by atoms with Crippen LogP contribution in [0.3, 0.4) is 0 Å². The van der Waals surface area contributed by atoms with Gasteiger partial charge in [-0.1, -0.05) is 23.7 Å². The molecule has 2 aromatic carbocycles.